The van der Waals surface area contributed by atoms with Crippen LogP contribution in [0.4, 0.5) is 13.2 Å². The van der Waals surface area contributed by atoms with Crippen molar-refractivity contribution in [2.45, 2.75) is 51.6 Å². The van der Waals surface area contributed by atoms with Crippen LogP contribution in [-0.4, -0.2) is 60.4 Å². The molecular formula is C25H30F3N3O4S. The van der Waals surface area contributed by atoms with Gasteiger partial charge in [0.2, 0.25) is 10.0 Å². The molecule has 1 aliphatic rings. The molecule has 11 heteroatoms. The van der Waals surface area contributed by atoms with Crippen molar-refractivity contribution in [2.75, 3.05) is 18.8 Å². The molecule has 2 aromatic carbocycles. The molecule has 2 N–H and O–H groups in total. The first-order valence-corrected chi connectivity index (χ1v) is 13.4. The molecular weight excluding hydrogens is 495 g/mol. The molecule has 2 amide bonds. The Morgan fingerprint density at radius 2 is 1.53 bits per heavy atom. The van der Waals surface area contributed by atoms with Gasteiger partial charge >= 0.3 is 0 Å². The van der Waals surface area contributed by atoms with Crippen molar-refractivity contribution in [3.8, 4) is 0 Å². The number of nitrogens with two attached hydrogens (primary N) is 1. The number of fused-ring (bicyclic) bond motifs is 1. The molecule has 1 aliphatic heterocycles. The first-order chi connectivity index (χ1) is 17.0. The van der Waals surface area contributed by atoms with Crippen molar-refractivity contribution >= 4 is 21.8 Å². The number of amides is 2. The van der Waals surface area contributed by atoms with E-state index in [0.29, 0.717) is 25.3 Å². The lowest BCUT2D eigenvalue weighted by atomic mass is 9.98. The maximum Gasteiger partial charge on any atom is 0.261 e. The van der Waals surface area contributed by atoms with E-state index in [0.717, 1.165) is 11.0 Å². The van der Waals surface area contributed by atoms with Gasteiger partial charge in [0.15, 0.2) is 11.6 Å². The lowest BCUT2D eigenvalue weighted by Crippen LogP contribution is -2.44. The van der Waals surface area contributed by atoms with Gasteiger partial charge in [-0.15, -0.1) is 0 Å². The Morgan fingerprint density at radius 3 is 2.08 bits per heavy atom. The third-order valence-corrected chi connectivity index (χ3v) is 8.41. The molecule has 196 valence electrons. The average Bonchev–Trinajstić information content (AvgIpc) is 3.08. The number of halogens is 3. The monoisotopic (exact) mass is 525 g/mol. The van der Waals surface area contributed by atoms with Crippen molar-refractivity contribution in [2.24, 2.45) is 5.73 Å². The summed E-state index contributed by atoms with van der Waals surface area (Å²) in [4.78, 5) is 26.1. The summed E-state index contributed by atoms with van der Waals surface area (Å²) >= 11 is 0. The van der Waals surface area contributed by atoms with E-state index >= 15 is 0 Å². The van der Waals surface area contributed by atoms with E-state index in [2.05, 4.69) is 0 Å². The fourth-order valence-corrected chi connectivity index (χ4v) is 6.26. The van der Waals surface area contributed by atoms with Crippen LogP contribution < -0.4 is 5.73 Å². The number of nitrogens with zero attached hydrogens (tertiary/aromatic N) is 2. The fraction of sp³-hybridized carbons (Fsp3) is 0.440. The van der Waals surface area contributed by atoms with Crippen LogP contribution in [0.25, 0.3) is 0 Å². The molecule has 0 fully saturated rings. The summed E-state index contributed by atoms with van der Waals surface area (Å²) in [7, 11) is -3.83. The molecule has 2 aromatic rings. The summed E-state index contributed by atoms with van der Waals surface area (Å²) in [5.74, 6) is -4.78. The summed E-state index contributed by atoms with van der Waals surface area (Å²) < 4.78 is 68.3. The molecule has 0 saturated heterocycles. The van der Waals surface area contributed by atoms with Gasteiger partial charge in [-0.05, 0) is 49.4 Å². The van der Waals surface area contributed by atoms with Gasteiger partial charge < -0.3 is 5.73 Å². The lowest BCUT2D eigenvalue weighted by Gasteiger charge is -2.30. The van der Waals surface area contributed by atoms with Crippen LogP contribution in [0.15, 0.2) is 36.4 Å². The van der Waals surface area contributed by atoms with Crippen molar-refractivity contribution in [1.29, 1.82) is 0 Å². The number of benzene rings is 2. The quantitative estimate of drug-likeness (QED) is 0.338. The molecule has 0 bridgehead atoms. The van der Waals surface area contributed by atoms with Crippen LogP contribution in [0, 0.1) is 17.5 Å². The first-order valence-electron chi connectivity index (χ1n) is 11.8. The molecule has 3 rings (SSSR count). The second kappa shape index (κ2) is 11.5. The van der Waals surface area contributed by atoms with E-state index in [-0.39, 0.29) is 36.2 Å². The first kappa shape index (κ1) is 27.8. The zero-order valence-corrected chi connectivity index (χ0v) is 21.0. The summed E-state index contributed by atoms with van der Waals surface area (Å²) in [5.41, 5.74) is 6.56. The summed E-state index contributed by atoms with van der Waals surface area (Å²) in [5, 5.41) is 0. The SMILES string of the molecule is CC[C@H](CC[C@@H](N)Cc1cc(F)c(F)cc1F)N(CC)S(=O)(=O)CCN1C(=O)c2ccccc2C1=O. The van der Waals surface area contributed by atoms with Crippen LogP contribution in [-0.2, 0) is 16.4 Å². The van der Waals surface area contributed by atoms with Gasteiger partial charge in [0.25, 0.3) is 11.8 Å². The number of hydrogen-bond acceptors (Lipinski definition) is 5. The molecule has 0 spiro atoms. The number of hydrogen-bond donors (Lipinski definition) is 1. The largest absolute Gasteiger partial charge is 0.327 e. The third-order valence-electron chi connectivity index (χ3n) is 6.44. The Kier molecular flexibility index (Phi) is 8.91. The van der Waals surface area contributed by atoms with Crippen LogP contribution in [0.2, 0.25) is 0 Å². The molecule has 0 radical (unpaired) electrons. The molecule has 36 heavy (non-hydrogen) atoms. The normalized spacial score (nSPS) is 15.5. The van der Waals surface area contributed by atoms with Crippen LogP contribution in [0.1, 0.15) is 59.4 Å². The van der Waals surface area contributed by atoms with Crippen molar-refractivity contribution < 1.29 is 31.2 Å². The highest BCUT2D eigenvalue weighted by atomic mass is 32.2. The van der Waals surface area contributed by atoms with Gasteiger partial charge in [-0.25, -0.2) is 21.6 Å². The van der Waals surface area contributed by atoms with Crippen molar-refractivity contribution in [1.82, 2.24) is 9.21 Å². The maximum absolute atomic E-state index is 13.9. The third kappa shape index (κ3) is 5.96. The number of sulfonamides is 1. The highest BCUT2D eigenvalue weighted by Crippen LogP contribution is 2.24. The topological polar surface area (TPSA) is 101 Å². The van der Waals surface area contributed by atoms with Gasteiger partial charge in [0.1, 0.15) is 5.82 Å². The second-order valence-corrected chi connectivity index (χ2v) is 10.8. The van der Waals surface area contributed by atoms with Crippen molar-refractivity contribution in [3.05, 3.63) is 70.5 Å². The predicted octanol–water partition coefficient (Wildman–Crippen LogP) is 3.48. The molecule has 1 heterocycles. The fourth-order valence-electron chi connectivity index (χ4n) is 4.51. The van der Waals surface area contributed by atoms with Gasteiger partial charge in [-0.1, -0.05) is 26.0 Å². The molecule has 0 unspecified atom stereocenters. The molecule has 0 aromatic heterocycles. The smallest absolute Gasteiger partial charge is 0.261 e. The Hall–Kier alpha value is -2.76. The Bertz CT molecular complexity index is 1200. The van der Waals surface area contributed by atoms with Gasteiger partial charge in [-0.2, -0.15) is 4.31 Å². The van der Waals surface area contributed by atoms with E-state index < -0.39 is 57.1 Å². The molecule has 0 saturated carbocycles. The average molecular weight is 526 g/mol. The highest BCUT2D eigenvalue weighted by Gasteiger charge is 2.37. The minimum Gasteiger partial charge on any atom is -0.327 e. The minimum atomic E-state index is -3.83. The summed E-state index contributed by atoms with van der Waals surface area (Å²) in [6.07, 6.45) is 1.13. The Balaban J connectivity index is 1.62. The summed E-state index contributed by atoms with van der Waals surface area (Å²) in [6.45, 7) is 3.43. The zero-order chi connectivity index (χ0) is 26.6. The Morgan fingerprint density at radius 1 is 0.944 bits per heavy atom. The number of rotatable bonds is 12. The van der Waals surface area contributed by atoms with E-state index in [1.807, 2.05) is 6.92 Å². The van der Waals surface area contributed by atoms with E-state index in [9.17, 15) is 31.2 Å². The van der Waals surface area contributed by atoms with Crippen molar-refractivity contribution in [3.63, 3.8) is 0 Å². The van der Waals surface area contributed by atoms with E-state index in [4.69, 9.17) is 5.73 Å². The van der Waals surface area contributed by atoms with E-state index in [1.54, 1.807) is 19.1 Å². The predicted molar refractivity (Wildman–Crippen MR) is 129 cm³/mol. The standard InChI is InChI=1S/C25H30F3N3O4S/c1-3-18(10-9-17(29)13-16-14-22(27)23(28)15-21(16)26)31(4-2)36(34,35)12-11-30-24(32)19-7-5-6-8-20(19)25(30)33/h5-8,14-15,17-18H,3-4,9-13,29H2,1-2H3/t17-,18-/m1/s1. The van der Waals surface area contributed by atoms with Crippen LogP contribution >= 0.6 is 0 Å². The molecule has 2 atom stereocenters. The molecule has 7 nitrogen and oxygen atoms in total. The highest BCUT2D eigenvalue weighted by molar-refractivity contribution is 7.89. The number of imide groups is 1. The maximum atomic E-state index is 13.9. The van der Waals surface area contributed by atoms with Crippen LogP contribution in [0.3, 0.4) is 0 Å². The zero-order valence-electron chi connectivity index (χ0n) is 20.2. The number of carbonyl (C=O) groups excluding carboxylic acids is 2. The van der Waals surface area contributed by atoms with Crippen LogP contribution in [0.5, 0.6) is 0 Å². The van der Waals surface area contributed by atoms with Gasteiger partial charge in [-0.3, -0.25) is 14.5 Å². The number of carbonyl (C=O) groups is 2. The van der Waals surface area contributed by atoms with Gasteiger partial charge in [0.05, 0.1) is 16.9 Å². The molecule has 0 aliphatic carbocycles. The summed E-state index contributed by atoms with van der Waals surface area (Å²) in [6, 6.07) is 6.59. The Labute approximate surface area is 209 Å². The van der Waals surface area contributed by atoms with E-state index in [1.165, 1.54) is 16.4 Å². The lowest BCUT2D eigenvalue weighted by molar-refractivity contribution is 0.0663. The minimum absolute atomic E-state index is 0.0297. The second-order valence-electron chi connectivity index (χ2n) is 8.79. The van der Waals surface area contributed by atoms with Gasteiger partial charge in [0, 0.05) is 31.2 Å².